The summed E-state index contributed by atoms with van der Waals surface area (Å²) in [5.41, 5.74) is 1.84. The Kier molecular flexibility index (Phi) is 7.49. The number of benzene rings is 1. The highest BCUT2D eigenvalue weighted by molar-refractivity contribution is 6.32. The molecule has 0 aliphatic carbocycles. The molecule has 0 radical (unpaired) electrons. The lowest BCUT2D eigenvalue weighted by Gasteiger charge is -2.34. The normalized spacial score (nSPS) is 14.9. The summed E-state index contributed by atoms with van der Waals surface area (Å²) < 4.78 is 10.9. The molecule has 0 spiro atoms. The van der Waals surface area contributed by atoms with Crippen LogP contribution in [0.15, 0.2) is 42.6 Å². The summed E-state index contributed by atoms with van der Waals surface area (Å²) in [6.45, 7) is 6.25. The van der Waals surface area contributed by atoms with Gasteiger partial charge < -0.3 is 14.4 Å². The molecule has 1 fully saturated rings. The van der Waals surface area contributed by atoms with Gasteiger partial charge in [-0.3, -0.25) is 14.7 Å². The van der Waals surface area contributed by atoms with E-state index in [2.05, 4.69) is 9.88 Å². The molecule has 1 aromatic carbocycles. The number of methoxy groups -OCH3 is 1. The van der Waals surface area contributed by atoms with Gasteiger partial charge in [0.2, 0.25) is 5.91 Å². The number of hydrogen-bond acceptors (Lipinski definition) is 5. The third-order valence-corrected chi connectivity index (χ3v) is 5.04. The molecule has 7 heteroatoms. The maximum atomic E-state index is 12.6. The van der Waals surface area contributed by atoms with Crippen LogP contribution in [0.2, 0.25) is 5.02 Å². The number of hydrogen-bond donors (Lipinski definition) is 0. The van der Waals surface area contributed by atoms with Crippen molar-refractivity contribution >= 4 is 23.6 Å². The fraction of sp³-hybridized carbons (Fsp3) is 0.364. The summed E-state index contributed by atoms with van der Waals surface area (Å²) in [7, 11) is 1.57. The van der Waals surface area contributed by atoms with Crippen molar-refractivity contribution in [3.63, 3.8) is 0 Å². The first-order valence-corrected chi connectivity index (χ1v) is 10.1. The Hall–Kier alpha value is -2.57. The van der Waals surface area contributed by atoms with Crippen LogP contribution < -0.4 is 9.47 Å². The molecule has 0 saturated carbocycles. The molecule has 0 atom stereocenters. The standard InChI is InChI=1S/C22H26ClN3O3/c1-3-29-22-19(23)14-17(15-20(22)28-2)7-8-21(27)26-12-10-25(11-13-26)16-18-6-4-5-9-24-18/h4-9,14-15H,3,10-13,16H2,1-2H3/b8-7+. The summed E-state index contributed by atoms with van der Waals surface area (Å²) in [6, 6.07) is 9.51. The Labute approximate surface area is 176 Å². The minimum atomic E-state index is -0.00791. The van der Waals surface area contributed by atoms with Gasteiger partial charge in [0.25, 0.3) is 0 Å². The molecule has 154 valence electrons. The molecule has 1 amide bonds. The lowest BCUT2D eigenvalue weighted by atomic mass is 10.1. The van der Waals surface area contributed by atoms with E-state index in [4.69, 9.17) is 21.1 Å². The monoisotopic (exact) mass is 415 g/mol. The second-order valence-electron chi connectivity index (χ2n) is 6.72. The van der Waals surface area contributed by atoms with Crippen LogP contribution in [-0.4, -0.2) is 60.6 Å². The van der Waals surface area contributed by atoms with Crippen LogP contribution >= 0.6 is 11.6 Å². The Bertz CT molecular complexity index is 850. The number of aromatic nitrogens is 1. The number of carbonyl (C=O) groups is 1. The van der Waals surface area contributed by atoms with Gasteiger partial charge in [-0.25, -0.2) is 0 Å². The van der Waals surface area contributed by atoms with Crippen molar-refractivity contribution in [1.82, 2.24) is 14.8 Å². The first-order valence-electron chi connectivity index (χ1n) is 9.70. The molecule has 29 heavy (non-hydrogen) atoms. The topological polar surface area (TPSA) is 54.9 Å². The molecule has 6 nitrogen and oxygen atoms in total. The van der Waals surface area contributed by atoms with E-state index in [0.29, 0.717) is 36.2 Å². The van der Waals surface area contributed by atoms with Crippen molar-refractivity contribution < 1.29 is 14.3 Å². The fourth-order valence-electron chi connectivity index (χ4n) is 3.24. The van der Waals surface area contributed by atoms with E-state index in [1.807, 2.05) is 42.3 Å². The summed E-state index contributed by atoms with van der Waals surface area (Å²) in [6.07, 6.45) is 5.15. The van der Waals surface area contributed by atoms with E-state index in [1.165, 1.54) is 0 Å². The summed E-state index contributed by atoms with van der Waals surface area (Å²) >= 11 is 6.29. The molecule has 1 saturated heterocycles. The zero-order valence-electron chi connectivity index (χ0n) is 16.8. The Morgan fingerprint density at radius 3 is 2.69 bits per heavy atom. The number of halogens is 1. The second kappa shape index (κ2) is 10.3. The average Bonchev–Trinajstić information content (AvgIpc) is 2.75. The predicted molar refractivity (Wildman–Crippen MR) is 114 cm³/mol. The Morgan fingerprint density at radius 1 is 1.24 bits per heavy atom. The van der Waals surface area contributed by atoms with Gasteiger partial charge in [-0.05, 0) is 42.8 Å². The third-order valence-electron chi connectivity index (χ3n) is 4.75. The number of ether oxygens (including phenoxy) is 2. The van der Waals surface area contributed by atoms with Crippen molar-refractivity contribution in [2.75, 3.05) is 39.9 Å². The van der Waals surface area contributed by atoms with Gasteiger partial charge in [0.1, 0.15) is 0 Å². The smallest absolute Gasteiger partial charge is 0.246 e. The number of amides is 1. The second-order valence-corrected chi connectivity index (χ2v) is 7.13. The quantitative estimate of drug-likeness (QED) is 0.648. The molecule has 0 N–H and O–H groups in total. The van der Waals surface area contributed by atoms with Gasteiger partial charge in [-0.15, -0.1) is 0 Å². The number of rotatable bonds is 7. The van der Waals surface area contributed by atoms with Crippen LogP contribution in [0.25, 0.3) is 6.08 Å². The maximum Gasteiger partial charge on any atom is 0.246 e. The molecular weight excluding hydrogens is 390 g/mol. The SMILES string of the molecule is CCOc1c(Cl)cc(/C=C/C(=O)N2CCN(Cc3ccccn3)CC2)cc1OC. The van der Waals surface area contributed by atoms with Gasteiger partial charge in [-0.2, -0.15) is 0 Å². The average molecular weight is 416 g/mol. The van der Waals surface area contributed by atoms with Gasteiger partial charge in [0.05, 0.1) is 24.4 Å². The minimum absolute atomic E-state index is 0.00791. The zero-order chi connectivity index (χ0) is 20.6. The van der Waals surface area contributed by atoms with Crippen LogP contribution in [0.5, 0.6) is 11.5 Å². The largest absolute Gasteiger partial charge is 0.493 e. The van der Waals surface area contributed by atoms with E-state index >= 15 is 0 Å². The molecule has 2 heterocycles. The van der Waals surface area contributed by atoms with E-state index in [0.717, 1.165) is 30.9 Å². The summed E-state index contributed by atoms with van der Waals surface area (Å²) in [5, 5.41) is 0.460. The van der Waals surface area contributed by atoms with E-state index in [1.54, 1.807) is 25.3 Å². The minimum Gasteiger partial charge on any atom is -0.493 e. The highest BCUT2D eigenvalue weighted by atomic mass is 35.5. The molecule has 1 aliphatic rings. The number of pyridine rings is 1. The summed E-state index contributed by atoms with van der Waals surface area (Å²) in [4.78, 5) is 21.1. The van der Waals surface area contributed by atoms with Gasteiger partial charge in [-0.1, -0.05) is 17.7 Å². The van der Waals surface area contributed by atoms with E-state index in [-0.39, 0.29) is 5.91 Å². The molecule has 0 bridgehead atoms. The number of carbonyl (C=O) groups excluding carboxylic acids is 1. The van der Waals surface area contributed by atoms with Gasteiger partial charge in [0.15, 0.2) is 11.5 Å². The van der Waals surface area contributed by atoms with Crippen molar-refractivity contribution in [3.05, 3.63) is 58.9 Å². The van der Waals surface area contributed by atoms with Crippen LogP contribution in [0.4, 0.5) is 0 Å². The lowest BCUT2D eigenvalue weighted by Crippen LogP contribution is -2.47. The number of piperazine rings is 1. The molecule has 1 aromatic heterocycles. The molecular formula is C22H26ClN3O3. The highest BCUT2D eigenvalue weighted by Crippen LogP contribution is 2.36. The third kappa shape index (κ3) is 5.71. The van der Waals surface area contributed by atoms with Gasteiger partial charge in [0, 0.05) is 45.0 Å². The zero-order valence-corrected chi connectivity index (χ0v) is 17.6. The lowest BCUT2D eigenvalue weighted by molar-refractivity contribution is -0.127. The summed E-state index contributed by atoms with van der Waals surface area (Å²) in [5.74, 6) is 1.06. The van der Waals surface area contributed by atoms with Crippen molar-refractivity contribution in [2.24, 2.45) is 0 Å². The molecule has 3 rings (SSSR count). The van der Waals surface area contributed by atoms with Crippen molar-refractivity contribution in [2.45, 2.75) is 13.5 Å². The van der Waals surface area contributed by atoms with Crippen LogP contribution in [-0.2, 0) is 11.3 Å². The van der Waals surface area contributed by atoms with E-state index in [9.17, 15) is 4.79 Å². The maximum absolute atomic E-state index is 12.6. The highest BCUT2D eigenvalue weighted by Gasteiger charge is 2.20. The van der Waals surface area contributed by atoms with Crippen molar-refractivity contribution in [1.29, 1.82) is 0 Å². The Morgan fingerprint density at radius 2 is 2.03 bits per heavy atom. The van der Waals surface area contributed by atoms with E-state index < -0.39 is 0 Å². The molecule has 1 aliphatic heterocycles. The molecule has 0 unspecified atom stereocenters. The first-order chi connectivity index (χ1) is 14.1. The van der Waals surface area contributed by atoms with Gasteiger partial charge >= 0.3 is 0 Å². The van der Waals surface area contributed by atoms with Crippen molar-refractivity contribution in [3.8, 4) is 11.5 Å². The number of nitrogens with zero attached hydrogens (tertiary/aromatic N) is 3. The van der Waals surface area contributed by atoms with Crippen LogP contribution in [0.1, 0.15) is 18.2 Å². The van der Waals surface area contributed by atoms with Crippen LogP contribution in [0, 0.1) is 0 Å². The fourth-order valence-corrected chi connectivity index (χ4v) is 3.51. The predicted octanol–water partition coefficient (Wildman–Crippen LogP) is 3.50. The van der Waals surface area contributed by atoms with Crippen LogP contribution in [0.3, 0.4) is 0 Å². The molecule has 2 aromatic rings. The Balaban J connectivity index is 1.57. The first kappa shape index (κ1) is 21.1.